The molecule has 0 aromatic carbocycles. The standard InChI is InChI=1S/C12H19NO2S/c1-3-5-10(11-6-4-9-16-11)13-8-7-12(14)15-2/h4,6,9-10,13H,3,5,7-8H2,1-2H3. The summed E-state index contributed by atoms with van der Waals surface area (Å²) in [5.74, 6) is -0.158. The highest BCUT2D eigenvalue weighted by Crippen LogP contribution is 2.22. The van der Waals surface area contributed by atoms with Gasteiger partial charge in [-0.3, -0.25) is 4.79 Å². The number of nitrogens with one attached hydrogen (secondary N) is 1. The first kappa shape index (κ1) is 13.2. The van der Waals surface area contributed by atoms with E-state index in [2.05, 4.69) is 34.5 Å². The molecule has 0 fully saturated rings. The van der Waals surface area contributed by atoms with E-state index in [4.69, 9.17) is 0 Å². The van der Waals surface area contributed by atoms with Crippen molar-refractivity contribution in [3.8, 4) is 0 Å². The van der Waals surface area contributed by atoms with Gasteiger partial charge in [-0.15, -0.1) is 11.3 Å². The van der Waals surface area contributed by atoms with Crippen molar-refractivity contribution in [2.24, 2.45) is 0 Å². The van der Waals surface area contributed by atoms with Gasteiger partial charge in [0.05, 0.1) is 13.5 Å². The van der Waals surface area contributed by atoms with Crippen LogP contribution in [0.2, 0.25) is 0 Å². The van der Waals surface area contributed by atoms with E-state index >= 15 is 0 Å². The number of hydrogen-bond acceptors (Lipinski definition) is 4. The van der Waals surface area contributed by atoms with E-state index in [0.29, 0.717) is 19.0 Å². The molecule has 0 saturated heterocycles. The number of carbonyl (C=O) groups excluding carboxylic acids is 1. The van der Waals surface area contributed by atoms with Crippen LogP contribution in [0.25, 0.3) is 0 Å². The molecule has 0 aliphatic carbocycles. The van der Waals surface area contributed by atoms with Gasteiger partial charge in [0.15, 0.2) is 0 Å². The van der Waals surface area contributed by atoms with Crippen molar-refractivity contribution in [3.63, 3.8) is 0 Å². The van der Waals surface area contributed by atoms with E-state index < -0.39 is 0 Å². The van der Waals surface area contributed by atoms with Gasteiger partial charge in [-0.25, -0.2) is 0 Å². The van der Waals surface area contributed by atoms with Crippen LogP contribution in [0.4, 0.5) is 0 Å². The lowest BCUT2D eigenvalue weighted by molar-refractivity contribution is -0.140. The predicted octanol–water partition coefficient (Wildman–Crippen LogP) is 2.74. The van der Waals surface area contributed by atoms with Crippen molar-refractivity contribution in [3.05, 3.63) is 22.4 Å². The van der Waals surface area contributed by atoms with Gasteiger partial charge in [0.25, 0.3) is 0 Å². The highest BCUT2D eigenvalue weighted by molar-refractivity contribution is 7.10. The fraction of sp³-hybridized carbons (Fsp3) is 0.583. The summed E-state index contributed by atoms with van der Waals surface area (Å²) in [6, 6.07) is 4.57. The zero-order valence-electron chi connectivity index (χ0n) is 9.86. The maximum absolute atomic E-state index is 11.0. The van der Waals surface area contributed by atoms with Crippen LogP contribution >= 0.6 is 11.3 Å². The Balaban J connectivity index is 2.37. The van der Waals surface area contributed by atoms with Crippen LogP contribution < -0.4 is 5.32 Å². The number of esters is 1. The molecule has 1 atom stereocenters. The molecule has 0 spiro atoms. The lowest BCUT2D eigenvalue weighted by Crippen LogP contribution is -2.23. The van der Waals surface area contributed by atoms with Crippen molar-refractivity contribution in [1.82, 2.24) is 5.32 Å². The van der Waals surface area contributed by atoms with Crippen LogP contribution in [0.3, 0.4) is 0 Å². The summed E-state index contributed by atoms with van der Waals surface area (Å²) in [7, 11) is 1.42. The minimum atomic E-state index is -0.158. The first-order valence-corrected chi connectivity index (χ1v) is 6.49. The van der Waals surface area contributed by atoms with E-state index in [0.717, 1.165) is 12.8 Å². The summed E-state index contributed by atoms with van der Waals surface area (Å²) < 4.78 is 4.61. The number of rotatable bonds is 7. The Kier molecular flexibility index (Phi) is 6.11. The molecule has 0 amide bonds. The van der Waals surface area contributed by atoms with E-state index in [-0.39, 0.29) is 5.97 Å². The molecule has 1 rings (SSSR count). The van der Waals surface area contributed by atoms with Crippen LogP contribution in [0.15, 0.2) is 17.5 Å². The maximum atomic E-state index is 11.0. The van der Waals surface area contributed by atoms with Gasteiger partial charge < -0.3 is 10.1 Å². The molecule has 1 unspecified atom stereocenters. The first-order valence-electron chi connectivity index (χ1n) is 5.61. The Labute approximate surface area is 101 Å². The second kappa shape index (κ2) is 7.41. The molecule has 16 heavy (non-hydrogen) atoms. The summed E-state index contributed by atoms with van der Waals surface area (Å²) in [6.07, 6.45) is 2.66. The van der Waals surface area contributed by atoms with Gasteiger partial charge in [0.1, 0.15) is 0 Å². The van der Waals surface area contributed by atoms with Gasteiger partial charge in [-0.1, -0.05) is 19.4 Å². The van der Waals surface area contributed by atoms with Crippen molar-refractivity contribution >= 4 is 17.3 Å². The molecule has 1 heterocycles. The molecule has 1 aromatic heterocycles. The van der Waals surface area contributed by atoms with E-state index in [1.165, 1.54) is 12.0 Å². The van der Waals surface area contributed by atoms with Crippen molar-refractivity contribution in [2.75, 3.05) is 13.7 Å². The van der Waals surface area contributed by atoms with Crippen LogP contribution in [0.1, 0.15) is 37.1 Å². The highest BCUT2D eigenvalue weighted by atomic mass is 32.1. The number of carbonyl (C=O) groups is 1. The van der Waals surface area contributed by atoms with Crippen molar-refractivity contribution < 1.29 is 9.53 Å². The fourth-order valence-corrected chi connectivity index (χ4v) is 2.41. The number of methoxy groups -OCH3 is 1. The number of thiophene rings is 1. The molecule has 3 nitrogen and oxygen atoms in total. The molecular formula is C12H19NO2S. The molecule has 0 aliphatic rings. The van der Waals surface area contributed by atoms with E-state index in [1.54, 1.807) is 11.3 Å². The lowest BCUT2D eigenvalue weighted by atomic mass is 10.1. The van der Waals surface area contributed by atoms with Gasteiger partial charge in [0.2, 0.25) is 0 Å². The minimum absolute atomic E-state index is 0.158. The average Bonchev–Trinajstić information content (AvgIpc) is 2.81. The first-order chi connectivity index (χ1) is 7.77. The summed E-state index contributed by atoms with van der Waals surface area (Å²) in [4.78, 5) is 12.3. The lowest BCUT2D eigenvalue weighted by Gasteiger charge is -2.16. The second-order valence-corrected chi connectivity index (χ2v) is 4.62. The highest BCUT2D eigenvalue weighted by Gasteiger charge is 2.11. The van der Waals surface area contributed by atoms with Gasteiger partial charge in [0, 0.05) is 17.5 Å². The summed E-state index contributed by atoms with van der Waals surface area (Å²) in [5, 5.41) is 5.48. The van der Waals surface area contributed by atoms with Gasteiger partial charge in [-0.2, -0.15) is 0 Å². The summed E-state index contributed by atoms with van der Waals surface area (Å²) in [5.41, 5.74) is 0. The van der Waals surface area contributed by atoms with Gasteiger partial charge >= 0.3 is 5.97 Å². The molecule has 4 heteroatoms. The normalized spacial score (nSPS) is 12.4. The topological polar surface area (TPSA) is 38.3 Å². The van der Waals surface area contributed by atoms with E-state index in [1.807, 2.05) is 0 Å². The SMILES string of the molecule is CCCC(NCCC(=O)OC)c1cccs1. The van der Waals surface area contributed by atoms with Crippen molar-refractivity contribution in [1.29, 1.82) is 0 Å². The van der Waals surface area contributed by atoms with Crippen LogP contribution in [0.5, 0.6) is 0 Å². The van der Waals surface area contributed by atoms with Crippen LogP contribution in [-0.2, 0) is 9.53 Å². The zero-order valence-corrected chi connectivity index (χ0v) is 10.7. The second-order valence-electron chi connectivity index (χ2n) is 3.64. The molecule has 0 aliphatic heterocycles. The van der Waals surface area contributed by atoms with Crippen molar-refractivity contribution in [2.45, 2.75) is 32.2 Å². The third-order valence-corrected chi connectivity index (χ3v) is 3.40. The third kappa shape index (κ3) is 4.33. The minimum Gasteiger partial charge on any atom is -0.469 e. The van der Waals surface area contributed by atoms with Gasteiger partial charge in [-0.05, 0) is 17.9 Å². The average molecular weight is 241 g/mol. The monoisotopic (exact) mass is 241 g/mol. The third-order valence-electron chi connectivity index (χ3n) is 2.41. The van der Waals surface area contributed by atoms with Crippen LogP contribution in [0, 0.1) is 0 Å². The maximum Gasteiger partial charge on any atom is 0.306 e. The predicted molar refractivity (Wildman–Crippen MR) is 66.6 cm³/mol. The summed E-state index contributed by atoms with van der Waals surface area (Å²) >= 11 is 1.76. The molecule has 1 N–H and O–H groups in total. The fourth-order valence-electron chi connectivity index (χ4n) is 1.57. The van der Waals surface area contributed by atoms with E-state index in [9.17, 15) is 4.79 Å². The largest absolute Gasteiger partial charge is 0.469 e. The molecular weight excluding hydrogens is 222 g/mol. The molecule has 0 saturated carbocycles. The Hall–Kier alpha value is -0.870. The zero-order chi connectivity index (χ0) is 11.8. The number of ether oxygens (including phenoxy) is 1. The van der Waals surface area contributed by atoms with Crippen LogP contribution in [-0.4, -0.2) is 19.6 Å². The molecule has 0 bridgehead atoms. The number of hydrogen-bond donors (Lipinski definition) is 1. The summed E-state index contributed by atoms with van der Waals surface area (Å²) in [6.45, 7) is 2.85. The molecule has 1 aromatic rings. The quantitative estimate of drug-likeness (QED) is 0.746. The molecule has 0 radical (unpaired) electrons. The molecule has 90 valence electrons. The Bertz CT molecular complexity index is 298. The Morgan fingerprint density at radius 2 is 2.44 bits per heavy atom. The Morgan fingerprint density at radius 1 is 1.62 bits per heavy atom. The smallest absolute Gasteiger partial charge is 0.306 e. The Morgan fingerprint density at radius 3 is 3.00 bits per heavy atom.